The predicted molar refractivity (Wildman–Crippen MR) is 137 cm³/mol. The van der Waals surface area contributed by atoms with Crippen LogP contribution in [-0.4, -0.2) is 63.3 Å². The number of halogens is 1. The van der Waals surface area contributed by atoms with E-state index in [0.29, 0.717) is 29.5 Å². The van der Waals surface area contributed by atoms with Crippen molar-refractivity contribution in [2.75, 3.05) is 43.9 Å². The van der Waals surface area contributed by atoms with E-state index in [-0.39, 0.29) is 35.4 Å². The number of nitrogens with zero attached hydrogens (tertiary/aromatic N) is 3. The highest BCUT2D eigenvalue weighted by Crippen LogP contribution is 2.34. The van der Waals surface area contributed by atoms with E-state index in [4.69, 9.17) is 4.74 Å². The minimum Gasteiger partial charge on any atom is -0.494 e. The molecule has 7 nitrogen and oxygen atoms in total. The smallest absolute Gasteiger partial charge is 0.229 e. The lowest BCUT2D eigenvalue weighted by Crippen LogP contribution is -2.39. The van der Waals surface area contributed by atoms with Crippen molar-refractivity contribution in [3.8, 4) is 5.75 Å². The Balaban J connectivity index is 0.00000385. The lowest BCUT2D eigenvalue weighted by atomic mass is 10.3. The van der Waals surface area contributed by atoms with Crippen molar-refractivity contribution < 1.29 is 17.9 Å². The van der Waals surface area contributed by atoms with E-state index >= 15 is 0 Å². The molecule has 0 radical (unpaired) electrons. The lowest BCUT2D eigenvalue weighted by Gasteiger charge is -2.24. The van der Waals surface area contributed by atoms with Crippen LogP contribution >= 0.6 is 23.7 Å². The first-order valence-electron chi connectivity index (χ1n) is 10.6. The third kappa shape index (κ3) is 6.66. The number of aromatic nitrogens is 1. The summed E-state index contributed by atoms with van der Waals surface area (Å²) in [6, 6.07) is 13.9. The molecule has 33 heavy (non-hydrogen) atoms. The number of para-hydroxylation sites is 1. The number of benzene rings is 2. The van der Waals surface area contributed by atoms with Crippen molar-refractivity contribution in [3.63, 3.8) is 0 Å². The van der Waals surface area contributed by atoms with Crippen LogP contribution in [0.1, 0.15) is 20.3 Å². The first kappa shape index (κ1) is 27.0. The molecular formula is C23H30ClN3O4S2. The fourth-order valence-corrected chi connectivity index (χ4v) is 5.68. The zero-order valence-electron chi connectivity index (χ0n) is 19.1. The Labute approximate surface area is 205 Å². The molecule has 0 atom stereocenters. The lowest BCUT2D eigenvalue weighted by molar-refractivity contribution is -0.118. The number of carbonyl (C=O) groups is 1. The van der Waals surface area contributed by atoms with Gasteiger partial charge in [0.25, 0.3) is 0 Å². The summed E-state index contributed by atoms with van der Waals surface area (Å²) in [5, 5.41) is 0.554. The summed E-state index contributed by atoms with van der Waals surface area (Å²) in [5.41, 5.74) is 0.701. The second kappa shape index (κ2) is 12.3. The number of methoxy groups -OCH3 is 1. The topological polar surface area (TPSA) is 79.8 Å². The van der Waals surface area contributed by atoms with Crippen LogP contribution in [0.15, 0.2) is 53.4 Å². The molecule has 0 aliphatic carbocycles. The Hall–Kier alpha value is -2.20. The van der Waals surface area contributed by atoms with Gasteiger partial charge < -0.3 is 9.64 Å². The minimum atomic E-state index is -3.54. The number of hydrogen-bond donors (Lipinski definition) is 0. The first-order valence-corrected chi connectivity index (χ1v) is 13.1. The van der Waals surface area contributed by atoms with Crippen molar-refractivity contribution in [1.82, 2.24) is 9.88 Å². The van der Waals surface area contributed by atoms with Gasteiger partial charge in [-0.3, -0.25) is 9.69 Å². The molecule has 3 rings (SSSR count). The van der Waals surface area contributed by atoms with E-state index in [1.807, 2.05) is 18.2 Å². The number of likely N-dealkylation sites (N-methyl/N-ethyl adjacent to an activating group) is 1. The summed E-state index contributed by atoms with van der Waals surface area (Å²) in [7, 11) is -1.95. The Bertz CT molecular complexity index is 1150. The molecule has 0 bridgehead atoms. The number of anilines is 1. The molecule has 0 N–H and O–H groups in total. The fraction of sp³-hybridized carbons (Fsp3) is 0.391. The molecule has 0 unspecified atom stereocenters. The number of sulfone groups is 1. The van der Waals surface area contributed by atoms with Gasteiger partial charge in [-0.15, -0.1) is 12.4 Å². The number of rotatable bonds is 11. The quantitative estimate of drug-likeness (QED) is 0.382. The summed E-state index contributed by atoms with van der Waals surface area (Å²) in [5.74, 6) is 0.147. The summed E-state index contributed by atoms with van der Waals surface area (Å²) < 4.78 is 31.7. The Morgan fingerprint density at radius 1 is 1.03 bits per heavy atom. The number of carbonyl (C=O) groups excluding carboxylic acids is 1. The van der Waals surface area contributed by atoms with E-state index in [2.05, 4.69) is 23.7 Å². The predicted octanol–water partition coefficient (Wildman–Crippen LogP) is 4.27. The summed E-state index contributed by atoms with van der Waals surface area (Å²) >= 11 is 1.41. The molecule has 2 aromatic carbocycles. The molecule has 0 saturated heterocycles. The monoisotopic (exact) mass is 511 g/mol. The number of fused-ring (bicyclic) bond motifs is 1. The molecule has 0 fully saturated rings. The van der Waals surface area contributed by atoms with Crippen molar-refractivity contribution in [2.24, 2.45) is 0 Å². The molecular weight excluding hydrogens is 482 g/mol. The largest absolute Gasteiger partial charge is 0.494 e. The molecule has 0 aliphatic heterocycles. The van der Waals surface area contributed by atoms with E-state index in [1.165, 1.54) is 11.3 Å². The summed E-state index contributed by atoms with van der Waals surface area (Å²) in [6.07, 6.45) is -0.109. The Morgan fingerprint density at radius 2 is 1.73 bits per heavy atom. The third-order valence-electron chi connectivity index (χ3n) is 5.34. The molecule has 3 aromatic rings. The van der Waals surface area contributed by atoms with Gasteiger partial charge in [0, 0.05) is 19.5 Å². The fourth-order valence-electron chi connectivity index (χ4n) is 3.40. The summed E-state index contributed by atoms with van der Waals surface area (Å²) in [4.78, 5) is 21.9. The molecule has 1 amide bonds. The van der Waals surface area contributed by atoms with Crippen LogP contribution in [0.4, 0.5) is 5.13 Å². The van der Waals surface area contributed by atoms with Crippen LogP contribution in [0.5, 0.6) is 5.75 Å². The highest BCUT2D eigenvalue weighted by atomic mass is 35.5. The number of ether oxygens (including phenoxy) is 1. The normalized spacial score (nSPS) is 11.4. The van der Waals surface area contributed by atoms with Crippen molar-refractivity contribution >= 4 is 54.8 Å². The zero-order valence-corrected chi connectivity index (χ0v) is 21.5. The maximum absolute atomic E-state index is 13.2. The minimum absolute atomic E-state index is 0. The van der Waals surface area contributed by atoms with Gasteiger partial charge in [0.1, 0.15) is 11.3 Å². The zero-order chi connectivity index (χ0) is 23.1. The van der Waals surface area contributed by atoms with Crippen LogP contribution in [-0.2, 0) is 14.6 Å². The van der Waals surface area contributed by atoms with E-state index in [9.17, 15) is 13.2 Å². The van der Waals surface area contributed by atoms with Crippen LogP contribution in [0, 0.1) is 0 Å². The van der Waals surface area contributed by atoms with Crippen LogP contribution in [0.2, 0.25) is 0 Å². The highest BCUT2D eigenvalue weighted by Gasteiger charge is 2.24. The van der Waals surface area contributed by atoms with Crippen LogP contribution in [0.3, 0.4) is 0 Å². The molecule has 1 aromatic heterocycles. The molecule has 0 spiro atoms. The van der Waals surface area contributed by atoms with Crippen molar-refractivity contribution in [2.45, 2.75) is 25.2 Å². The maximum atomic E-state index is 13.2. The van der Waals surface area contributed by atoms with Gasteiger partial charge in [-0.05, 0) is 37.4 Å². The average Bonchev–Trinajstić information content (AvgIpc) is 3.25. The SMILES string of the molecule is CCN(CC)CCN(C(=O)CCS(=O)(=O)c1ccccc1)c1nc2c(OC)cccc2s1.Cl. The van der Waals surface area contributed by atoms with Gasteiger partial charge >= 0.3 is 0 Å². The second-order valence-electron chi connectivity index (χ2n) is 7.26. The van der Waals surface area contributed by atoms with Gasteiger partial charge in [0.05, 0.1) is 22.5 Å². The molecule has 0 aliphatic rings. The standard InChI is InChI=1S/C23H29N3O4S2.ClH/c1-4-25(5-2)15-16-26(23-24-22-19(30-3)12-9-13-20(22)31-23)21(27)14-17-32(28,29)18-10-7-6-8-11-18;/h6-13H,4-5,14-17H2,1-3H3;1H. The summed E-state index contributed by atoms with van der Waals surface area (Å²) in [6.45, 7) is 7.00. The van der Waals surface area contributed by atoms with Gasteiger partial charge in [-0.25, -0.2) is 13.4 Å². The maximum Gasteiger partial charge on any atom is 0.229 e. The molecule has 1 heterocycles. The first-order chi connectivity index (χ1) is 15.4. The molecule has 0 saturated carbocycles. The highest BCUT2D eigenvalue weighted by molar-refractivity contribution is 7.91. The van der Waals surface area contributed by atoms with Crippen LogP contribution < -0.4 is 9.64 Å². The van der Waals surface area contributed by atoms with E-state index in [1.54, 1.807) is 42.3 Å². The van der Waals surface area contributed by atoms with E-state index < -0.39 is 9.84 Å². The number of hydrogen-bond acceptors (Lipinski definition) is 7. The van der Waals surface area contributed by atoms with E-state index in [0.717, 1.165) is 17.8 Å². The number of thiazole rings is 1. The van der Waals surface area contributed by atoms with Gasteiger partial charge in [0.2, 0.25) is 5.91 Å². The molecule has 10 heteroatoms. The Morgan fingerprint density at radius 3 is 2.36 bits per heavy atom. The Kier molecular flexibility index (Phi) is 10.1. The van der Waals surface area contributed by atoms with Crippen molar-refractivity contribution in [3.05, 3.63) is 48.5 Å². The number of amides is 1. The second-order valence-corrected chi connectivity index (χ2v) is 10.4. The van der Waals surface area contributed by atoms with Gasteiger partial charge in [-0.2, -0.15) is 0 Å². The average molecular weight is 512 g/mol. The third-order valence-corrected chi connectivity index (χ3v) is 8.12. The van der Waals surface area contributed by atoms with Gasteiger partial charge in [-0.1, -0.05) is 49.4 Å². The molecule has 180 valence electrons. The van der Waals surface area contributed by atoms with Crippen molar-refractivity contribution in [1.29, 1.82) is 0 Å². The van der Waals surface area contributed by atoms with Gasteiger partial charge in [0.15, 0.2) is 15.0 Å². The van der Waals surface area contributed by atoms with Crippen LogP contribution in [0.25, 0.3) is 10.2 Å².